The van der Waals surface area contributed by atoms with E-state index in [2.05, 4.69) is 10.1 Å². The molecule has 0 unspecified atom stereocenters. The highest BCUT2D eigenvalue weighted by Crippen LogP contribution is 2.36. The summed E-state index contributed by atoms with van der Waals surface area (Å²) in [6, 6.07) is 1.94. The number of fused-ring (bicyclic) bond motifs is 1. The Labute approximate surface area is 151 Å². The lowest BCUT2D eigenvalue weighted by molar-refractivity contribution is -0.137. The molecule has 0 saturated heterocycles. The molecular formula is C17H17F4N5O. The quantitative estimate of drug-likeness (QED) is 0.642. The minimum atomic E-state index is -4.58. The molecule has 0 atom stereocenters. The summed E-state index contributed by atoms with van der Waals surface area (Å²) in [4.78, 5) is 4.17. The molecule has 0 amide bonds. The molecule has 0 radical (unpaired) electrons. The van der Waals surface area contributed by atoms with Gasteiger partial charge in [-0.15, -0.1) is 0 Å². The van der Waals surface area contributed by atoms with Gasteiger partial charge in [0.05, 0.1) is 48.8 Å². The van der Waals surface area contributed by atoms with Gasteiger partial charge in [0, 0.05) is 23.9 Å². The van der Waals surface area contributed by atoms with E-state index in [1.54, 1.807) is 0 Å². The number of benzene rings is 1. The van der Waals surface area contributed by atoms with Gasteiger partial charge in [0.15, 0.2) is 0 Å². The monoisotopic (exact) mass is 383 g/mol. The number of allylic oxidation sites excluding steroid dienone is 1. The average Bonchev–Trinajstić information content (AvgIpc) is 3.21. The zero-order valence-corrected chi connectivity index (χ0v) is 14.1. The maximum absolute atomic E-state index is 13.8. The SMILES string of the molecule is NC/C=C(\F)Cn1cnc2c(-c3cnn(CCO)c3)cc(C(F)(F)F)cc21. The summed E-state index contributed by atoms with van der Waals surface area (Å²) in [6.45, 7) is -0.216. The Morgan fingerprint density at radius 3 is 2.74 bits per heavy atom. The van der Waals surface area contributed by atoms with E-state index in [0.29, 0.717) is 11.1 Å². The summed E-state index contributed by atoms with van der Waals surface area (Å²) in [6.07, 6.45) is 0.790. The second-order valence-electron chi connectivity index (χ2n) is 5.86. The van der Waals surface area contributed by atoms with Gasteiger partial charge in [-0.3, -0.25) is 4.68 Å². The van der Waals surface area contributed by atoms with Gasteiger partial charge in [-0.25, -0.2) is 9.37 Å². The Morgan fingerprint density at radius 1 is 1.30 bits per heavy atom. The molecule has 2 aromatic heterocycles. The number of hydrogen-bond donors (Lipinski definition) is 2. The molecule has 3 rings (SSSR count). The highest BCUT2D eigenvalue weighted by Gasteiger charge is 2.32. The van der Waals surface area contributed by atoms with E-state index in [4.69, 9.17) is 10.8 Å². The normalized spacial score (nSPS) is 12.9. The van der Waals surface area contributed by atoms with Crippen molar-refractivity contribution < 1.29 is 22.7 Å². The van der Waals surface area contributed by atoms with E-state index in [9.17, 15) is 17.6 Å². The molecule has 0 aliphatic rings. The fourth-order valence-electron chi connectivity index (χ4n) is 2.76. The molecule has 0 fully saturated rings. The van der Waals surface area contributed by atoms with Crippen LogP contribution < -0.4 is 5.73 Å². The second-order valence-corrected chi connectivity index (χ2v) is 5.86. The minimum absolute atomic E-state index is 0.0123. The first-order valence-electron chi connectivity index (χ1n) is 8.08. The predicted molar refractivity (Wildman–Crippen MR) is 91.3 cm³/mol. The molecule has 0 aliphatic carbocycles. The third kappa shape index (κ3) is 4.01. The van der Waals surface area contributed by atoms with E-state index in [-0.39, 0.29) is 37.3 Å². The molecular weight excluding hydrogens is 366 g/mol. The summed E-state index contributed by atoms with van der Waals surface area (Å²) in [5.41, 5.74) is 5.49. The topological polar surface area (TPSA) is 81.9 Å². The third-order valence-corrected chi connectivity index (χ3v) is 3.99. The molecule has 0 saturated carbocycles. The van der Waals surface area contributed by atoms with Gasteiger partial charge in [-0.2, -0.15) is 18.3 Å². The van der Waals surface area contributed by atoms with Gasteiger partial charge >= 0.3 is 6.18 Å². The van der Waals surface area contributed by atoms with E-state index >= 15 is 0 Å². The lowest BCUT2D eigenvalue weighted by Crippen LogP contribution is -2.06. The minimum Gasteiger partial charge on any atom is -0.394 e. The van der Waals surface area contributed by atoms with Crippen LogP contribution in [0, 0.1) is 0 Å². The molecule has 0 bridgehead atoms. The van der Waals surface area contributed by atoms with Crippen molar-refractivity contribution in [3.05, 3.63) is 48.3 Å². The molecule has 3 N–H and O–H groups in total. The maximum atomic E-state index is 13.8. The predicted octanol–water partition coefficient (Wildman–Crippen LogP) is 2.72. The van der Waals surface area contributed by atoms with Crippen LogP contribution in [-0.4, -0.2) is 37.6 Å². The lowest BCUT2D eigenvalue weighted by Gasteiger charge is -2.11. The second kappa shape index (κ2) is 7.49. The van der Waals surface area contributed by atoms with Crippen molar-refractivity contribution in [2.24, 2.45) is 5.73 Å². The molecule has 3 aromatic rings. The number of hydrogen-bond acceptors (Lipinski definition) is 4. The van der Waals surface area contributed by atoms with E-state index in [1.807, 2.05) is 0 Å². The van der Waals surface area contributed by atoms with E-state index in [0.717, 1.165) is 18.2 Å². The highest BCUT2D eigenvalue weighted by molar-refractivity contribution is 5.92. The van der Waals surface area contributed by atoms with Crippen LogP contribution in [0.25, 0.3) is 22.2 Å². The van der Waals surface area contributed by atoms with Crippen LogP contribution in [-0.2, 0) is 19.3 Å². The van der Waals surface area contributed by atoms with Gasteiger partial charge in [0.1, 0.15) is 5.83 Å². The number of nitrogens with two attached hydrogens (primary N) is 1. The molecule has 6 nitrogen and oxygen atoms in total. The van der Waals surface area contributed by atoms with Crippen molar-refractivity contribution in [2.45, 2.75) is 19.3 Å². The Kier molecular flexibility index (Phi) is 5.29. The van der Waals surface area contributed by atoms with Crippen LogP contribution in [0.15, 0.2) is 42.8 Å². The first-order chi connectivity index (χ1) is 12.8. The molecule has 10 heteroatoms. The number of nitrogens with zero attached hydrogens (tertiary/aromatic N) is 4. The summed E-state index contributed by atoms with van der Waals surface area (Å²) in [5, 5.41) is 13.0. The Balaban J connectivity index is 2.16. The van der Waals surface area contributed by atoms with Gasteiger partial charge in [0.25, 0.3) is 0 Å². The molecule has 2 heterocycles. The van der Waals surface area contributed by atoms with Crippen molar-refractivity contribution in [3.8, 4) is 11.1 Å². The first kappa shape index (κ1) is 19.1. The number of alkyl halides is 3. The zero-order valence-electron chi connectivity index (χ0n) is 14.1. The van der Waals surface area contributed by atoms with Crippen LogP contribution in [0.2, 0.25) is 0 Å². The summed E-state index contributed by atoms with van der Waals surface area (Å²) in [7, 11) is 0. The summed E-state index contributed by atoms with van der Waals surface area (Å²) < 4.78 is 56.7. The fraction of sp³-hybridized carbons (Fsp3) is 0.294. The fourth-order valence-corrected chi connectivity index (χ4v) is 2.76. The smallest absolute Gasteiger partial charge is 0.394 e. The van der Waals surface area contributed by atoms with E-state index < -0.39 is 17.6 Å². The van der Waals surface area contributed by atoms with Crippen LogP contribution in [0.3, 0.4) is 0 Å². The maximum Gasteiger partial charge on any atom is 0.416 e. The molecule has 144 valence electrons. The van der Waals surface area contributed by atoms with Crippen molar-refractivity contribution >= 4 is 11.0 Å². The van der Waals surface area contributed by atoms with Crippen molar-refractivity contribution in [2.75, 3.05) is 13.2 Å². The van der Waals surface area contributed by atoms with Crippen LogP contribution in [0.4, 0.5) is 17.6 Å². The lowest BCUT2D eigenvalue weighted by atomic mass is 10.0. The first-order valence-corrected chi connectivity index (χ1v) is 8.08. The number of halogens is 4. The number of aromatic nitrogens is 4. The molecule has 0 aliphatic heterocycles. The van der Waals surface area contributed by atoms with Crippen LogP contribution in [0.5, 0.6) is 0 Å². The Bertz CT molecular complexity index is 974. The van der Waals surface area contributed by atoms with Crippen LogP contribution in [0.1, 0.15) is 5.56 Å². The van der Waals surface area contributed by atoms with Crippen molar-refractivity contribution in [1.82, 2.24) is 19.3 Å². The van der Waals surface area contributed by atoms with Crippen LogP contribution >= 0.6 is 0 Å². The van der Waals surface area contributed by atoms with Gasteiger partial charge < -0.3 is 15.4 Å². The van der Waals surface area contributed by atoms with Crippen molar-refractivity contribution in [3.63, 3.8) is 0 Å². The Hall–Kier alpha value is -2.72. The highest BCUT2D eigenvalue weighted by atomic mass is 19.4. The Morgan fingerprint density at radius 2 is 2.07 bits per heavy atom. The van der Waals surface area contributed by atoms with E-state index in [1.165, 1.54) is 28.0 Å². The van der Waals surface area contributed by atoms with Gasteiger partial charge in [-0.05, 0) is 18.2 Å². The molecule has 1 aromatic carbocycles. The number of imidazole rings is 1. The number of rotatable bonds is 6. The standard InChI is InChI=1S/C17H17F4N5O/c18-13(1-2-22)9-25-10-23-16-14(11-7-24-26(8-11)3-4-27)5-12(6-15(16)25)17(19,20)21/h1,5-8,10,27H,2-4,9,22H2/b13-1-. The third-order valence-electron chi connectivity index (χ3n) is 3.99. The zero-order chi connectivity index (χ0) is 19.6. The van der Waals surface area contributed by atoms with Gasteiger partial charge in [0.2, 0.25) is 0 Å². The average molecular weight is 383 g/mol. The number of aliphatic hydroxyl groups is 1. The molecule has 0 spiro atoms. The van der Waals surface area contributed by atoms with Crippen molar-refractivity contribution in [1.29, 1.82) is 0 Å². The molecule has 27 heavy (non-hydrogen) atoms. The summed E-state index contributed by atoms with van der Waals surface area (Å²) in [5.74, 6) is -0.563. The van der Waals surface area contributed by atoms with Gasteiger partial charge in [-0.1, -0.05) is 0 Å². The largest absolute Gasteiger partial charge is 0.416 e. The summed E-state index contributed by atoms with van der Waals surface area (Å²) >= 11 is 0. The number of aliphatic hydroxyl groups excluding tert-OH is 1.